The Kier molecular flexibility index (Phi) is 6.24. The second kappa shape index (κ2) is 9.23. The number of aryl methyl sites for hydroxylation is 1. The van der Waals surface area contributed by atoms with Crippen molar-refractivity contribution in [1.82, 2.24) is 29.5 Å². The zero-order chi connectivity index (χ0) is 20.9. The Morgan fingerprint density at radius 3 is 3.10 bits per heavy atom. The zero-order valence-corrected chi connectivity index (χ0v) is 17.6. The molecule has 0 bridgehead atoms. The maximum absolute atomic E-state index is 12.5. The molecule has 3 aromatic heterocycles. The summed E-state index contributed by atoms with van der Waals surface area (Å²) in [6.45, 7) is 3.63. The highest BCUT2D eigenvalue weighted by molar-refractivity contribution is 7.98. The number of thioether (sulfide) groups is 1. The van der Waals surface area contributed by atoms with Gasteiger partial charge in [0, 0.05) is 30.6 Å². The molecule has 156 valence electrons. The lowest BCUT2D eigenvalue weighted by Crippen LogP contribution is -2.47. The van der Waals surface area contributed by atoms with Crippen LogP contribution in [0.15, 0.2) is 41.7 Å². The molecule has 1 aliphatic rings. The first-order chi connectivity index (χ1) is 14.6. The van der Waals surface area contributed by atoms with E-state index < -0.39 is 0 Å². The van der Waals surface area contributed by atoms with E-state index >= 15 is 0 Å². The molecular formula is C20H22N6O3S. The fraction of sp³-hybridized carbons (Fsp3) is 0.350. The van der Waals surface area contributed by atoms with Crippen molar-refractivity contribution in [3.8, 4) is 5.88 Å². The second-order valence-electron chi connectivity index (χ2n) is 6.72. The summed E-state index contributed by atoms with van der Waals surface area (Å²) in [5.41, 5.74) is 1.53. The van der Waals surface area contributed by atoms with Gasteiger partial charge in [0.1, 0.15) is 12.7 Å². The van der Waals surface area contributed by atoms with Gasteiger partial charge < -0.3 is 14.4 Å². The van der Waals surface area contributed by atoms with Gasteiger partial charge in [-0.1, -0.05) is 17.8 Å². The van der Waals surface area contributed by atoms with Gasteiger partial charge in [0.2, 0.25) is 16.9 Å². The third-order valence-electron chi connectivity index (χ3n) is 4.52. The van der Waals surface area contributed by atoms with Crippen LogP contribution in [-0.2, 0) is 9.53 Å². The van der Waals surface area contributed by atoms with Crippen LogP contribution in [0.2, 0.25) is 0 Å². The summed E-state index contributed by atoms with van der Waals surface area (Å²) in [5.74, 6) is 0.972. The Bertz CT molecular complexity index is 1060. The smallest absolute Gasteiger partial charge is 0.256 e. The average molecular weight is 427 g/mol. The largest absolute Gasteiger partial charge is 0.475 e. The van der Waals surface area contributed by atoms with Gasteiger partial charge in [0.25, 0.3) is 5.78 Å². The number of hydrogen-bond acceptors (Lipinski definition) is 8. The number of morpholine rings is 1. The molecule has 0 aliphatic carbocycles. The van der Waals surface area contributed by atoms with Crippen molar-refractivity contribution in [1.29, 1.82) is 0 Å². The molecule has 1 fully saturated rings. The summed E-state index contributed by atoms with van der Waals surface area (Å²) in [4.78, 5) is 27.2. The van der Waals surface area contributed by atoms with Crippen LogP contribution in [-0.4, -0.2) is 74.0 Å². The van der Waals surface area contributed by atoms with Gasteiger partial charge in [-0.3, -0.25) is 9.78 Å². The quantitative estimate of drug-likeness (QED) is 0.436. The van der Waals surface area contributed by atoms with Crippen molar-refractivity contribution in [2.45, 2.75) is 18.2 Å². The summed E-state index contributed by atoms with van der Waals surface area (Å²) in [7, 11) is 0. The molecule has 30 heavy (non-hydrogen) atoms. The molecule has 1 atom stereocenters. The Morgan fingerprint density at radius 1 is 1.40 bits per heavy atom. The number of carbonyl (C=O) groups is 1. The van der Waals surface area contributed by atoms with Gasteiger partial charge in [-0.25, -0.2) is 4.98 Å². The van der Waals surface area contributed by atoms with E-state index in [1.54, 1.807) is 27.8 Å². The van der Waals surface area contributed by atoms with Crippen LogP contribution in [0, 0.1) is 6.92 Å². The van der Waals surface area contributed by atoms with E-state index in [0.29, 0.717) is 43.1 Å². The lowest BCUT2D eigenvalue weighted by atomic mass is 10.2. The molecule has 0 spiro atoms. The first kappa shape index (κ1) is 20.3. The van der Waals surface area contributed by atoms with Crippen LogP contribution < -0.4 is 4.74 Å². The summed E-state index contributed by atoms with van der Waals surface area (Å²) >= 11 is 1.44. The molecule has 9 nitrogen and oxygen atoms in total. The molecule has 4 heterocycles. The SMILES string of the molecule is CSc1nc2nc(C)cc(OCC3CN(C(=O)C=Cc4ccccn4)CCO3)n2n1. The van der Waals surface area contributed by atoms with Crippen molar-refractivity contribution >= 4 is 29.5 Å². The first-order valence-electron chi connectivity index (χ1n) is 9.53. The van der Waals surface area contributed by atoms with Gasteiger partial charge >= 0.3 is 0 Å². The van der Waals surface area contributed by atoms with E-state index in [1.165, 1.54) is 11.8 Å². The van der Waals surface area contributed by atoms with Gasteiger partial charge in [-0.15, -0.1) is 5.10 Å². The van der Waals surface area contributed by atoms with Crippen molar-refractivity contribution in [2.24, 2.45) is 0 Å². The predicted octanol–water partition coefficient (Wildman–Crippen LogP) is 1.87. The molecule has 3 aromatic rings. The number of pyridine rings is 1. The third-order valence-corrected chi connectivity index (χ3v) is 5.06. The summed E-state index contributed by atoms with van der Waals surface area (Å²) in [6, 6.07) is 7.39. The Balaban J connectivity index is 1.39. The topological polar surface area (TPSA) is 94.7 Å². The van der Waals surface area contributed by atoms with Crippen LogP contribution in [0.4, 0.5) is 0 Å². The maximum atomic E-state index is 12.5. The molecule has 10 heteroatoms. The molecule has 1 aliphatic heterocycles. The molecule has 1 saturated heterocycles. The highest BCUT2D eigenvalue weighted by atomic mass is 32.2. The van der Waals surface area contributed by atoms with Crippen LogP contribution in [0.5, 0.6) is 5.88 Å². The van der Waals surface area contributed by atoms with E-state index in [1.807, 2.05) is 37.4 Å². The van der Waals surface area contributed by atoms with E-state index in [0.717, 1.165) is 11.4 Å². The number of ether oxygens (including phenoxy) is 2. The maximum Gasteiger partial charge on any atom is 0.256 e. The Hall–Kier alpha value is -2.98. The van der Waals surface area contributed by atoms with Gasteiger partial charge in [0.15, 0.2) is 0 Å². The molecule has 4 rings (SSSR count). The minimum Gasteiger partial charge on any atom is -0.475 e. The van der Waals surface area contributed by atoms with Gasteiger partial charge in [-0.05, 0) is 31.4 Å². The van der Waals surface area contributed by atoms with Crippen LogP contribution in [0.3, 0.4) is 0 Å². The molecule has 0 aromatic carbocycles. The summed E-state index contributed by atoms with van der Waals surface area (Å²) < 4.78 is 13.3. The van der Waals surface area contributed by atoms with E-state index in [2.05, 4.69) is 20.1 Å². The van der Waals surface area contributed by atoms with Gasteiger partial charge in [-0.2, -0.15) is 9.50 Å². The minimum absolute atomic E-state index is 0.0722. The normalized spacial score (nSPS) is 17.0. The number of rotatable bonds is 6. The van der Waals surface area contributed by atoms with E-state index in [9.17, 15) is 4.79 Å². The molecule has 0 saturated carbocycles. The number of aromatic nitrogens is 5. The highest BCUT2D eigenvalue weighted by Crippen LogP contribution is 2.18. The van der Waals surface area contributed by atoms with E-state index in [4.69, 9.17) is 9.47 Å². The predicted molar refractivity (Wildman–Crippen MR) is 112 cm³/mol. The molecule has 1 unspecified atom stereocenters. The molecule has 0 N–H and O–H groups in total. The highest BCUT2D eigenvalue weighted by Gasteiger charge is 2.24. The standard InChI is InChI=1S/C20H22N6O3S/c1-14-11-18(26-19(22-14)23-20(24-26)30-2)29-13-16-12-25(9-10-28-16)17(27)7-6-15-5-3-4-8-21-15/h3-8,11,16H,9-10,12-13H2,1-2H3. The lowest BCUT2D eigenvalue weighted by Gasteiger charge is -2.32. The third kappa shape index (κ3) is 4.77. The van der Waals surface area contributed by atoms with Crippen molar-refractivity contribution in [2.75, 3.05) is 32.6 Å². The van der Waals surface area contributed by atoms with Crippen LogP contribution >= 0.6 is 11.8 Å². The first-order valence-corrected chi connectivity index (χ1v) is 10.8. The van der Waals surface area contributed by atoms with Crippen molar-refractivity contribution < 1.29 is 14.3 Å². The van der Waals surface area contributed by atoms with Gasteiger partial charge in [0.05, 0.1) is 18.8 Å². The van der Waals surface area contributed by atoms with Crippen molar-refractivity contribution in [3.05, 3.63) is 47.9 Å². The number of amides is 1. The Labute approximate surface area is 178 Å². The summed E-state index contributed by atoms with van der Waals surface area (Å²) in [5, 5.41) is 5.02. The second-order valence-corrected chi connectivity index (χ2v) is 7.50. The zero-order valence-electron chi connectivity index (χ0n) is 16.8. The number of carbonyl (C=O) groups excluding carboxylic acids is 1. The number of nitrogens with zero attached hydrogens (tertiary/aromatic N) is 6. The fourth-order valence-corrected chi connectivity index (χ4v) is 3.40. The Morgan fingerprint density at radius 2 is 2.30 bits per heavy atom. The molecule has 0 radical (unpaired) electrons. The molecule has 1 amide bonds. The lowest BCUT2D eigenvalue weighted by molar-refractivity contribution is -0.134. The van der Waals surface area contributed by atoms with Crippen molar-refractivity contribution in [3.63, 3.8) is 0 Å². The monoisotopic (exact) mass is 426 g/mol. The van der Waals surface area contributed by atoms with Crippen LogP contribution in [0.1, 0.15) is 11.4 Å². The summed E-state index contributed by atoms with van der Waals surface area (Å²) in [6.07, 6.45) is 6.62. The van der Waals surface area contributed by atoms with Crippen LogP contribution in [0.25, 0.3) is 11.9 Å². The van der Waals surface area contributed by atoms with E-state index in [-0.39, 0.29) is 12.0 Å². The number of fused-ring (bicyclic) bond motifs is 1. The fourth-order valence-electron chi connectivity index (χ4n) is 3.06. The number of hydrogen-bond donors (Lipinski definition) is 0. The minimum atomic E-state index is -0.238. The molecular weight excluding hydrogens is 404 g/mol. The average Bonchev–Trinajstić information content (AvgIpc) is 3.20.